The normalized spacial score (nSPS) is 30.4. The Morgan fingerprint density at radius 2 is 2.11 bits per heavy atom. The molecule has 156 valence electrons. The van der Waals surface area contributed by atoms with E-state index in [1.807, 2.05) is 6.92 Å². The van der Waals surface area contributed by atoms with E-state index in [-0.39, 0.29) is 6.09 Å². The van der Waals surface area contributed by atoms with Crippen molar-refractivity contribution in [3.63, 3.8) is 0 Å². The summed E-state index contributed by atoms with van der Waals surface area (Å²) in [6.45, 7) is 5.43. The van der Waals surface area contributed by atoms with Crippen molar-refractivity contribution in [3.05, 3.63) is 17.5 Å². The van der Waals surface area contributed by atoms with Gasteiger partial charge in [-0.1, -0.05) is 26.2 Å². The van der Waals surface area contributed by atoms with Crippen molar-refractivity contribution in [2.24, 2.45) is 13.0 Å². The maximum Gasteiger partial charge on any atom is 0.407 e. The van der Waals surface area contributed by atoms with Crippen LogP contribution in [-0.4, -0.2) is 53.1 Å². The Kier molecular flexibility index (Phi) is 6.24. The fourth-order valence-corrected chi connectivity index (χ4v) is 5.55. The Morgan fingerprint density at radius 3 is 2.82 bits per heavy atom. The molecule has 4 aliphatic rings. The molecule has 5 rings (SSSR count). The molecule has 6 nitrogen and oxygen atoms in total. The van der Waals surface area contributed by atoms with Gasteiger partial charge in [0.05, 0.1) is 5.69 Å². The molecule has 1 aromatic rings. The molecule has 3 aliphatic heterocycles. The van der Waals surface area contributed by atoms with Crippen LogP contribution in [0.1, 0.15) is 81.5 Å². The molecule has 0 aromatic carbocycles. The SMILES string of the molecule is CCCNC(=O)OC[C@H]1C[C@@H]2CCN1C[C@@H]2c1cc(C2CCCCC2)nn1C. The lowest BCUT2D eigenvalue weighted by molar-refractivity contribution is -0.00415. The third-order valence-corrected chi connectivity index (χ3v) is 7.14. The van der Waals surface area contributed by atoms with E-state index >= 15 is 0 Å². The highest BCUT2D eigenvalue weighted by atomic mass is 16.5. The van der Waals surface area contributed by atoms with E-state index in [9.17, 15) is 4.79 Å². The molecule has 1 unspecified atom stereocenters. The number of nitrogens with zero attached hydrogens (tertiary/aromatic N) is 3. The molecule has 28 heavy (non-hydrogen) atoms. The van der Waals surface area contributed by atoms with Crippen LogP contribution in [0.5, 0.6) is 0 Å². The highest BCUT2D eigenvalue weighted by Gasteiger charge is 2.42. The quantitative estimate of drug-likeness (QED) is 0.806. The Labute approximate surface area is 169 Å². The van der Waals surface area contributed by atoms with Crippen molar-refractivity contribution < 1.29 is 9.53 Å². The van der Waals surface area contributed by atoms with Gasteiger partial charge in [-0.2, -0.15) is 5.10 Å². The Bertz CT molecular complexity index is 667. The smallest absolute Gasteiger partial charge is 0.407 e. The molecule has 2 bridgehead atoms. The highest BCUT2D eigenvalue weighted by Crippen LogP contribution is 2.43. The standard InChI is InChI=1S/C22H36N4O2/c1-3-10-23-22(27)28-15-18-12-17-9-11-26(18)14-19(17)21-13-20(24-25(21)2)16-7-5-4-6-8-16/h13,16-19H,3-12,14-15H2,1-2H3,(H,23,27)/t17-,18+,19-/m0/s1. The fraction of sp³-hybridized carbons (Fsp3) is 0.818. The number of hydrogen-bond donors (Lipinski definition) is 1. The van der Waals surface area contributed by atoms with Gasteiger partial charge in [-0.15, -0.1) is 0 Å². The van der Waals surface area contributed by atoms with Crippen LogP contribution in [-0.2, 0) is 11.8 Å². The van der Waals surface area contributed by atoms with Crippen LogP contribution < -0.4 is 5.32 Å². The summed E-state index contributed by atoms with van der Waals surface area (Å²) in [5.74, 6) is 1.90. The second-order valence-electron chi connectivity index (χ2n) is 9.02. The number of aromatic nitrogens is 2. The molecular formula is C22H36N4O2. The summed E-state index contributed by atoms with van der Waals surface area (Å²) in [5, 5.41) is 7.72. The maximum absolute atomic E-state index is 11.8. The minimum atomic E-state index is -0.273. The van der Waals surface area contributed by atoms with E-state index in [1.54, 1.807) is 0 Å². The lowest BCUT2D eigenvalue weighted by Crippen LogP contribution is -2.54. The molecule has 6 heteroatoms. The lowest BCUT2D eigenvalue weighted by Gasteiger charge is -2.49. The largest absolute Gasteiger partial charge is 0.448 e. The zero-order valence-electron chi connectivity index (χ0n) is 17.5. The zero-order chi connectivity index (χ0) is 19.5. The molecule has 4 atom stereocenters. The summed E-state index contributed by atoms with van der Waals surface area (Å²) >= 11 is 0. The summed E-state index contributed by atoms with van der Waals surface area (Å²) in [5.41, 5.74) is 2.73. The summed E-state index contributed by atoms with van der Waals surface area (Å²) in [6, 6.07) is 2.78. The number of fused-ring (bicyclic) bond motifs is 3. The number of rotatable bonds is 6. The minimum Gasteiger partial charge on any atom is -0.448 e. The molecule has 3 saturated heterocycles. The number of carbonyl (C=O) groups excluding carboxylic acids is 1. The first-order valence-corrected chi connectivity index (χ1v) is 11.3. The van der Waals surface area contributed by atoms with Crippen LogP contribution in [0.4, 0.5) is 4.79 Å². The molecule has 1 N–H and O–H groups in total. The van der Waals surface area contributed by atoms with E-state index in [4.69, 9.17) is 9.84 Å². The average Bonchev–Trinajstić information content (AvgIpc) is 3.13. The molecule has 4 heterocycles. The van der Waals surface area contributed by atoms with Crippen molar-refractivity contribution in [1.82, 2.24) is 20.0 Å². The van der Waals surface area contributed by atoms with Gasteiger partial charge >= 0.3 is 6.09 Å². The first kappa shape index (κ1) is 19.7. The summed E-state index contributed by atoms with van der Waals surface area (Å²) in [4.78, 5) is 14.3. The van der Waals surface area contributed by atoms with Gasteiger partial charge in [0, 0.05) is 43.7 Å². The van der Waals surface area contributed by atoms with Gasteiger partial charge in [-0.05, 0) is 50.6 Å². The molecule has 4 fully saturated rings. The predicted octanol–water partition coefficient (Wildman–Crippen LogP) is 3.78. The predicted molar refractivity (Wildman–Crippen MR) is 110 cm³/mol. The Morgan fingerprint density at radius 1 is 1.29 bits per heavy atom. The van der Waals surface area contributed by atoms with E-state index < -0.39 is 0 Å². The third-order valence-electron chi connectivity index (χ3n) is 7.14. The van der Waals surface area contributed by atoms with Crippen LogP contribution >= 0.6 is 0 Å². The third kappa shape index (κ3) is 4.22. The Balaban J connectivity index is 1.37. The average molecular weight is 389 g/mol. The van der Waals surface area contributed by atoms with Gasteiger partial charge in [-0.25, -0.2) is 4.79 Å². The Hall–Kier alpha value is -1.56. The van der Waals surface area contributed by atoms with E-state index in [2.05, 4.69) is 28.0 Å². The van der Waals surface area contributed by atoms with Crippen molar-refractivity contribution in [3.8, 4) is 0 Å². The van der Waals surface area contributed by atoms with Crippen molar-refractivity contribution >= 4 is 6.09 Å². The zero-order valence-corrected chi connectivity index (χ0v) is 17.5. The van der Waals surface area contributed by atoms with Gasteiger partial charge in [0.25, 0.3) is 0 Å². The van der Waals surface area contributed by atoms with Crippen LogP contribution in [0.25, 0.3) is 0 Å². The molecule has 1 aliphatic carbocycles. The highest BCUT2D eigenvalue weighted by molar-refractivity contribution is 5.67. The number of hydrogen-bond acceptors (Lipinski definition) is 4. The summed E-state index contributed by atoms with van der Waals surface area (Å²) in [6.07, 6.45) is 9.71. The van der Waals surface area contributed by atoms with E-state index in [1.165, 1.54) is 49.9 Å². The first-order valence-electron chi connectivity index (χ1n) is 11.3. The van der Waals surface area contributed by atoms with Gasteiger partial charge in [0.15, 0.2) is 0 Å². The molecule has 1 amide bonds. The van der Waals surface area contributed by atoms with Gasteiger partial charge in [-0.3, -0.25) is 9.58 Å². The molecule has 0 spiro atoms. The molecule has 1 aromatic heterocycles. The lowest BCUT2D eigenvalue weighted by atomic mass is 9.74. The van der Waals surface area contributed by atoms with Crippen LogP contribution in [0.15, 0.2) is 6.07 Å². The summed E-state index contributed by atoms with van der Waals surface area (Å²) in [7, 11) is 2.12. The van der Waals surface area contributed by atoms with Crippen molar-refractivity contribution in [1.29, 1.82) is 0 Å². The summed E-state index contributed by atoms with van der Waals surface area (Å²) < 4.78 is 7.63. The number of nitrogens with one attached hydrogen (secondary N) is 1. The minimum absolute atomic E-state index is 0.273. The van der Waals surface area contributed by atoms with Crippen molar-refractivity contribution in [2.75, 3.05) is 26.2 Å². The number of aryl methyl sites for hydroxylation is 1. The monoisotopic (exact) mass is 388 g/mol. The number of alkyl carbamates (subject to hydrolysis) is 1. The molecule has 1 saturated carbocycles. The maximum atomic E-state index is 11.8. The van der Waals surface area contributed by atoms with E-state index in [0.717, 1.165) is 25.9 Å². The van der Waals surface area contributed by atoms with Gasteiger partial charge in [0.1, 0.15) is 6.61 Å². The van der Waals surface area contributed by atoms with Gasteiger partial charge < -0.3 is 10.1 Å². The van der Waals surface area contributed by atoms with Crippen LogP contribution in [0.2, 0.25) is 0 Å². The number of carbonyl (C=O) groups is 1. The first-order chi connectivity index (χ1) is 13.7. The van der Waals surface area contributed by atoms with Crippen molar-refractivity contribution in [2.45, 2.75) is 76.2 Å². The second-order valence-corrected chi connectivity index (χ2v) is 9.02. The second kappa shape index (κ2) is 8.85. The van der Waals surface area contributed by atoms with E-state index in [0.29, 0.717) is 36.9 Å². The van der Waals surface area contributed by atoms with Crippen LogP contribution in [0.3, 0.4) is 0 Å². The number of amides is 1. The van der Waals surface area contributed by atoms with Gasteiger partial charge in [0.2, 0.25) is 0 Å². The molecule has 0 radical (unpaired) electrons. The number of piperidine rings is 3. The fourth-order valence-electron chi connectivity index (χ4n) is 5.55. The topological polar surface area (TPSA) is 59.4 Å². The number of ether oxygens (including phenoxy) is 1. The molecular weight excluding hydrogens is 352 g/mol. The van der Waals surface area contributed by atoms with Crippen LogP contribution in [0, 0.1) is 5.92 Å².